The van der Waals surface area contributed by atoms with Crippen molar-refractivity contribution in [1.82, 2.24) is 4.57 Å². The largest absolute Gasteiger partial charge is 0.493 e. The molecule has 0 radical (unpaired) electrons. The Hall–Kier alpha value is -4.10. The Kier molecular flexibility index (Phi) is 9.27. The summed E-state index contributed by atoms with van der Waals surface area (Å²) in [7, 11) is 1.59. The molecule has 0 saturated carbocycles. The molecule has 1 aromatic heterocycles. The maximum Gasteiger partial charge on any atom is 0.338 e. The molecule has 0 bridgehead atoms. The minimum atomic E-state index is -0.748. The van der Waals surface area contributed by atoms with Gasteiger partial charge in [-0.25, -0.2) is 9.79 Å². The lowest BCUT2D eigenvalue weighted by molar-refractivity contribution is -0.139. The first-order chi connectivity index (χ1) is 21.9. The summed E-state index contributed by atoms with van der Waals surface area (Å²) < 4.78 is 31.4. The monoisotopic (exact) mass is 738 g/mol. The zero-order valence-electron chi connectivity index (χ0n) is 25.0. The van der Waals surface area contributed by atoms with Gasteiger partial charge in [-0.1, -0.05) is 61.1 Å². The Labute approximate surface area is 277 Å². The molecule has 11 heteroatoms. The molecular weight excluding hydrogens is 707 g/mol. The van der Waals surface area contributed by atoms with Gasteiger partial charge in [0.1, 0.15) is 6.61 Å². The number of rotatable bonds is 10. The summed E-state index contributed by atoms with van der Waals surface area (Å²) in [6.07, 6.45) is 3.14. The summed E-state index contributed by atoms with van der Waals surface area (Å²) in [6, 6.07) is 18.4. The number of thiazole rings is 1. The van der Waals surface area contributed by atoms with Gasteiger partial charge in [-0.3, -0.25) is 9.36 Å². The van der Waals surface area contributed by atoms with Crippen molar-refractivity contribution >= 4 is 46.0 Å². The van der Waals surface area contributed by atoms with Crippen LogP contribution in [-0.4, -0.2) is 31.0 Å². The van der Waals surface area contributed by atoms with E-state index in [1.54, 1.807) is 24.7 Å². The van der Waals surface area contributed by atoms with Gasteiger partial charge < -0.3 is 23.7 Å². The Balaban J connectivity index is 1.46. The predicted molar refractivity (Wildman–Crippen MR) is 179 cm³/mol. The lowest BCUT2D eigenvalue weighted by atomic mass is 9.94. The normalized spacial score (nSPS) is 15.5. The molecule has 0 spiro atoms. The average Bonchev–Trinajstić information content (AvgIpc) is 3.63. The third kappa shape index (κ3) is 6.23. The number of methoxy groups -OCH3 is 1. The second kappa shape index (κ2) is 13.5. The van der Waals surface area contributed by atoms with Crippen molar-refractivity contribution in [2.75, 3.05) is 20.5 Å². The molecule has 6 rings (SSSR count). The number of hydrogen-bond donors (Lipinski definition) is 0. The first-order valence-electron chi connectivity index (χ1n) is 14.6. The molecular formula is C34H31IN2O7S. The maximum absolute atomic E-state index is 14.2. The van der Waals surface area contributed by atoms with Gasteiger partial charge in [0.05, 0.1) is 39.1 Å². The SMILES string of the molecule is CCCC1=C(C(=O)OCC)C(c2ccc3c(c2)OCO3)n2c(s/c(=C\c3cc(I)c(OCc4ccccc4)c(OC)c3)c2=O)=N1. The fraction of sp³-hybridized carbons (Fsp3) is 0.265. The first-order valence-corrected chi connectivity index (χ1v) is 16.5. The van der Waals surface area contributed by atoms with Crippen LogP contribution in [0.15, 0.2) is 81.7 Å². The van der Waals surface area contributed by atoms with E-state index in [0.717, 1.165) is 21.1 Å². The van der Waals surface area contributed by atoms with Gasteiger partial charge in [-0.05, 0) is 83.0 Å². The number of halogens is 1. The van der Waals surface area contributed by atoms with Crippen molar-refractivity contribution in [2.45, 2.75) is 39.3 Å². The predicted octanol–water partition coefficient (Wildman–Crippen LogP) is 5.50. The van der Waals surface area contributed by atoms with Crippen LogP contribution in [-0.2, 0) is 16.1 Å². The summed E-state index contributed by atoms with van der Waals surface area (Å²) in [5.41, 5.74) is 3.22. The Morgan fingerprint density at radius 1 is 1.11 bits per heavy atom. The van der Waals surface area contributed by atoms with Crippen molar-refractivity contribution < 1.29 is 28.5 Å². The van der Waals surface area contributed by atoms with Crippen molar-refractivity contribution in [1.29, 1.82) is 0 Å². The van der Waals surface area contributed by atoms with Crippen LogP contribution in [0.1, 0.15) is 49.4 Å². The van der Waals surface area contributed by atoms with E-state index in [2.05, 4.69) is 22.6 Å². The maximum atomic E-state index is 14.2. The highest BCUT2D eigenvalue weighted by Gasteiger charge is 2.35. The molecule has 0 N–H and O–H groups in total. The van der Waals surface area contributed by atoms with E-state index >= 15 is 0 Å². The molecule has 232 valence electrons. The van der Waals surface area contributed by atoms with Crippen LogP contribution in [0.5, 0.6) is 23.0 Å². The molecule has 3 aromatic carbocycles. The fourth-order valence-corrected chi connectivity index (χ4v) is 7.16. The van der Waals surface area contributed by atoms with Crippen LogP contribution in [0.3, 0.4) is 0 Å². The standard InChI is InChI=1S/C34H31IN2O7S/c1-4-9-24-29(33(39)41-5-2)30(22-12-13-25-26(17-22)44-19-43-25)37-32(38)28(45-34(37)36-24)16-21-14-23(35)31(27(15-21)40-3)42-18-20-10-7-6-8-11-20/h6-8,10-17,30H,4-5,9,18-19H2,1-3H3/b28-16-. The molecule has 1 atom stereocenters. The second-order valence-electron chi connectivity index (χ2n) is 10.3. The van der Waals surface area contributed by atoms with Gasteiger partial charge in [0.25, 0.3) is 5.56 Å². The van der Waals surface area contributed by atoms with E-state index in [9.17, 15) is 9.59 Å². The molecule has 1 unspecified atom stereocenters. The number of fused-ring (bicyclic) bond motifs is 2. The van der Waals surface area contributed by atoms with Crippen LogP contribution in [0, 0.1) is 3.57 Å². The summed E-state index contributed by atoms with van der Waals surface area (Å²) >= 11 is 3.50. The van der Waals surface area contributed by atoms with E-state index in [1.807, 2.05) is 67.6 Å². The molecule has 0 amide bonds. The average molecular weight is 739 g/mol. The van der Waals surface area contributed by atoms with Crippen molar-refractivity contribution in [3.8, 4) is 23.0 Å². The van der Waals surface area contributed by atoms with Gasteiger partial charge in [-0.2, -0.15) is 0 Å². The highest BCUT2D eigenvalue weighted by molar-refractivity contribution is 14.1. The molecule has 45 heavy (non-hydrogen) atoms. The van der Waals surface area contributed by atoms with Crippen LogP contribution in [0.4, 0.5) is 0 Å². The van der Waals surface area contributed by atoms with Gasteiger partial charge in [0.2, 0.25) is 6.79 Å². The fourth-order valence-electron chi connectivity index (χ4n) is 5.36. The van der Waals surface area contributed by atoms with E-state index in [1.165, 1.54) is 11.3 Å². The van der Waals surface area contributed by atoms with Gasteiger partial charge in [0, 0.05) is 0 Å². The lowest BCUT2D eigenvalue weighted by Gasteiger charge is -2.25. The van der Waals surface area contributed by atoms with E-state index in [0.29, 0.717) is 62.2 Å². The number of carbonyl (C=O) groups is 1. The molecule has 2 aliphatic heterocycles. The minimum absolute atomic E-state index is 0.113. The van der Waals surface area contributed by atoms with Crippen LogP contribution >= 0.6 is 33.9 Å². The van der Waals surface area contributed by atoms with Gasteiger partial charge >= 0.3 is 5.97 Å². The van der Waals surface area contributed by atoms with E-state index in [-0.39, 0.29) is 19.0 Å². The molecule has 0 aliphatic carbocycles. The topological polar surface area (TPSA) is 97.6 Å². The van der Waals surface area contributed by atoms with Gasteiger partial charge in [-0.15, -0.1) is 0 Å². The molecule has 2 aliphatic rings. The Bertz CT molecular complexity index is 1970. The molecule has 4 aromatic rings. The quantitative estimate of drug-likeness (QED) is 0.157. The first kappa shape index (κ1) is 30.9. The molecule has 9 nitrogen and oxygen atoms in total. The van der Waals surface area contributed by atoms with E-state index in [4.69, 9.17) is 28.7 Å². The van der Waals surface area contributed by atoms with Crippen molar-refractivity contribution in [2.24, 2.45) is 4.99 Å². The summed E-state index contributed by atoms with van der Waals surface area (Å²) in [6.45, 7) is 4.50. The number of aromatic nitrogens is 1. The van der Waals surface area contributed by atoms with Gasteiger partial charge in [0.15, 0.2) is 27.8 Å². The number of esters is 1. The summed E-state index contributed by atoms with van der Waals surface area (Å²) in [4.78, 5) is 33.0. The van der Waals surface area contributed by atoms with Crippen LogP contribution < -0.4 is 33.8 Å². The van der Waals surface area contributed by atoms with Crippen LogP contribution in [0.2, 0.25) is 0 Å². The highest BCUT2D eigenvalue weighted by Crippen LogP contribution is 2.39. The number of ether oxygens (including phenoxy) is 5. The third-order valence-corrected chi connectivity index (χ3v) is 9.16. The Morgan fingerprint density at radius 3 is 2.67 bits per heavy atom. The molecule has 3 heterocycles. The lowest BCUT2D eigenvalue weighted by Crippen LogP contribution is -2.40. The molecule has 0 saturated heterocycles. The molecule has 0 fully saturated rings. The summed E-state index contributed by atoms with van der Waals surface area (Å²) in [5.74, 6) is 1.87. The smallest absolute Gasteiger partial charge is 0.338 e. The third-order valence-electron chi connectivity index (χ3n) is 7.38. The minimum Gasteiger partial charge on any atom is -0.493 e. The number of allylic oxidation sites excluding steroid dienone is 1. The van der Waals surface area contributed by atoms with Crippen molar-refractivity contribution in [3.63, 3.8) is 0 Å². The zero-order chi connectivity index (χ0) is 31.5. The number of carbonyl (C=O) groups excluding carboxylic acids is 1. The zero-order valence-corrected chi connectivity index (χ0v) is 28.0. The Morgan fingerprint density at radius 2 is 1.91 bits per heavy atom. The number of hydrogen-bond acceptors (Lipinski definition) is 9. The van der Waals surface area contributed by atoms with Crippen LogP contribution in [0.25, 0.3) is 6.08 Å². The second-order valence-corrected chi connectivity index (χ2v) is 12.5. The number of benzene rings is 3. The van der Waals surface area contributed by atoms with E-state index < -0.39 is 12.0 Å². The number of nitrogens with zero attached hydrogens (tertiary/aromatic N) is 2. The summed E-state index contributed by atoms with van der Waals surface area (Å²) in [5, 5.41) is 0. The highest BCUT2D eigenvalue weighted by atomic mass is 127. The van der Waals surface area contributed by atoms with Crippen molar-refractivity contribution in [3.05, 3.63) is 112 Å².